The normalized spacial score (nSPS) is 24.9. The van der Waals surface area contributed by atoms with Gasteiger partial charge in [0.15, 0.2) is 11.6 Å². The Hall–Kier alpha value is -4.52. The van der Waals surface area contributed by atoms with Gasteiger partial charge in [0.25, 0.3) is 11.8 Å². The van der Waals surface area contributed by atoms with Gasteiger partial charge < -0.3 is 37.4 Å². The lowest BCUT2D eigenvalue weighted by Crippen LogP contribution is -2.69. The van der Waals surface area contributed by atoms with Crippen LogP contribution in [0.1, 0.15) is 27.9 Å². The number of amides is 2. The third-order valence-corrected chi connectivity index (χ3v) is 8.81. The molecule has 2 aromatic rings. The number of phenols is 1. The molecule has 0 radical (unpaired) electrons. The average Bonchev–Trinajstić information content (AvgIpc) is 2.95. The molecule has 0 spiro atoms. The fraction of sp³-hybridized carbons (Fsp3) is 0.355. The van der Waals surface area contributed by atoms with E-state index >= 15 is 0 Å². The number of carbonyl (C=O) groups excluding carboxylic acids is 4. The Kier molecular flexibility index (Phi) is 7.63. The summed E-state index contributed by atoms with van der Waals surface area (Å²) in [6, 6.07) is 8.97. The highest BCUT2D eigenvalue weighted by atomic mass is 16.3. The minimum atomic E-state index is -2.20. The van der Waals surface area contributed by atoms with Crippen molar-refractivity contribution in [3.05, 3.63) is 70.0 Å². The average molecular weight is 590 g/mol. The molecule has 4 atom stereocenters. The lowest BCUT2D eigenvalue weighted by atomic mass is 9.56. The number of aliphatic hydroxyl groups excluding tert-OH is 2. The Morgan fingerprint density at radius 3 is 2.47 bits per heavy atom. The van der Waals surface area contributed by atoms with Crippen LogP contribution in [0.25, 0.3) is 16.9 Å². The fourth-order valence-electron chi connectivity index (χ4n) is 6.82. The quantitative estimate of drug-likeness (QED) is 0.176. The van der Waals surface area contributed by atoms with E-state index in [1.807, 2.05) is 0 Å². The van der Waals surface area contributed by atoms with Crippen LogP contribution >= 0.6 is 0 Å². The van der Waals surface area contributed by atoms with Crippen LogP contribution < -0.4 is 22.1 Å². The summed E-state index contributed by atoms with van der Waals surface area (Å²) in [6.07, 6.45) is 0.297. The molecule has 1 saturated carbocycles. The number of primary amides is 1. The number of likely N-dealkylation sites (N-methyl/N-ethyl adjacent to an activating group) is 2. The Balaban J connectivity index is 1.64. The first-order chi connectivity index (χ1) is 20.3. The molecule has 0 heterocycles. The number of phenolic OH excluding ortho intramolecular Hbond substituents is 1. The van der Waals surface area contributed by atoms with Gasteiger partial charge in [-0.15, -0.1) is 0 Å². The molecule has 1 fully saturated rings. The largest absolute Gasteiger partial charge is 0.509 e. The fourth-order valence-corrected chi connectivity index (χ4v) is 6.82. The van der Waals surface area contributed by atoms with Gasteiger partial charge in [-0.1, -0.05) is 18.2 Å². The molecule has 2 aromatic carbocycles. The van der Waals surface area contributed by atoms with Crippen LogP contribution in [0.2, 0.25) is 0 Å². The molecule has 0 bridgehead atoms. The summed E-state index contributed by atoms with van der Waals surface area (Å²) >= 11 is 0. The number of carbonyl (C=O) groups is 4. The molecule has 0 saturated heterocycles. The van der Waals surface area contributed by atoms with Gasteiger partial charge in [-0.3, -0.25) is 24.1 Å². The summed E-state index contributed by atoms with van der Waals surface area (Å²) < 4.78 is 0. The van der Waals surface area contributed by atoms with E-state index in [1.165, 1.54) is 11.0 Å². The summed E-state index contributed by atoms with van der Waals surface area (Å²) in [6.45, 7) is 1.05. The van der Waals surface area contributed by atoms with Crippen molar-refractivity contribution in [2.75, 3.05) is 34.2 Å². The molecule has 226 valence electrons. The highest BCUT2D eigenvalue weighted by Crippen LogP contribution is 2.52. The Bertz CT molecular complexity index is 1630. The molecule has 0 aliphatic heterocycles. The third-order valence-electron chi connectivity index (χ3n) is 8.81. The van der Waals surface area contributed by atoms with Gasteiger partial charge in [0.1, 0.15) is 28.4 Å². The van der Waals surface area contributed by atoms with E-state index in [9.17, 15) is 34.5 Å². The standard InChI is InChI=1S/C31H35N5O7/c1-34-9-10-35-30(43)15-6-4-5-14(11-15)17-7-8-20(37)22-18(17)12-16-13-19-24(36(2)3)26(39)23(29(32)42)28(41)31(19,33)27(40)21(16)25(22)38/h4-8,11,16,19,24,34,37-38,41H,9-10,12-13,33H2,1-3H3,(H2,32,42)(H,35,43)/t16-,19-,24-,31-/m0/s1. The van der Waals surface area contributed by atoms with Gasteiger partial charge >= 0.3 is 0 Å². The van der Waals surface area contributed by atoms with E-state index in [-0.39, 0.29) is 35.6 Å². The van der Waals surface area contributed by atoms with E-state index in [0.29, 0.717) is 35.3 Å². The Morgan fingerprint density at radius 2 is 1.81 bits per heavy atom. The molecule has 9 N–H and O–H groups in total. The molecule has 12 heteroatoms. The van der Waals surface area contributed by atoms with Crippen molar-refractivity contribution >= 4 is 29.1 Å². The number of nitrogens with two attached hydrogens (primary N) is 2. The highest BCUT2D eigenvalue weighted by molar-refractivity contribution is 6.24. The molecule has 2 amide bonds. The molecular weight excluding hydrogens is 554 g/mol. The van der Waals surface area contributed by atoms with Crippen molar-refractivity contribution in [3.8, 4) is 16.9 Å². The number of aliphatic hydroxyl groups is 2. The minimum absolute atomic E-state index is 0.0395. The maximum atomic E-state index is 14.1. The SMILES string of the molecule is CNCCNC(=O)c1cccc(-c2ccc(O)c3c2C[C@H]2C[C@H]4[C@H](N(C)C)C(=O)C(C(N)=O)=C(O)[C@@]4(N)C(=O)C2=C3O)c1. The number of ketones is 2. The number of benzene rings is 2. The molecule has 43 heavy (non-hydrogen) atoms. The second-order valence-electron chi connectivity index (χ2n) is 11.5. The van der Waals surface area contributed by atoms with E-state index in [2.05, 4.69) is 10.6 Å². The van der Waals surface area contributed by atoms with Crippen molar-refractivity contribution in [1.82, 2.24) is 15.5 Å². The second-order valence-corrected chi connectivity index (χ2v) is 11.5. The van der Waals surface area contributed by atoms with Crippen LogP contribution in [0.5, 0.6) is 5.75 Å². The number of nitrogens with one attached hydrogen (secondary N) is 2. The van der Waals surface area contributed by atoms with E-state index < -0.39 is 58.0 Å². The number of hydrogen-bond acceptors (Lipinski definition) is 10. The summed E-state index contributed by atoms with van der Waals surface area (Å²) in [4.78, 5) is 53.9. The molecule has 3 aliphatic rings. The van der Waals surface area contributed by atoms with Crippen molar-refractivity contribution in [2.24, 2.45) is 23.3 Å². The number of hydrogen-bond donors (Lipinski definition) is 7. The topological polar surface area (TPSA) is 208 Å². The first-order valence-electron chi connectivity index (χ1n) is 13.9. The van der Waals surface area contributed by atoms with Gasteiger partial charge in [0, 0.05) is 30.1 Å². The van der Waals surface area contributed by atoms with Crippen molar-refractivity contribution in [1.29, 1.82) is 0 Å². The number of fused-ring (bicyclic) bond motifs is 3. The first kappa shape index (κ1) is 30.0. The van der Waals surface area contributed by atoms with Gasteiger partial charge in [0.2, 0.25) is 0 Å². The molecule has 5 rings (SSSR count). The molecule has 3 aliphatic carbocycles. The highest BCUT2D eigenvalue weighted by Gasteiger charge is 2.63. The van der Waals surface area contributed by atoms with E-state index in [0.717, 1.165) is 0 Å². The van der Waals surface area contributed by atoms with Crippen LogP contribution in [0.15, 0.2) is 53.3 Å². The molecule has 0 unspecified atom stereocenters. The number of aromatic hydroxyl groups is 1. The summed E-state index contributed by atoms with van der Waals surface area (Å²) in [7, 11) is 4.99. The van der Waals surface area contributed by atoms with Crippen LogP contribution in [0.3, 0.4) is 0 Å². The zero-order valence-corrected chi connectivity index (χ0v) is 24.1. The maximum Gasteiger partial charge on any atom is 0.255 e. The van der Waals surface area contributed by atoms with Gasteiger partial charge in [0.05, 0.1) is 11.6 Å². The molecule has 12 nitrogen and oxygen atoms in total. The summed E-state index contributed by atoms with van der Waals surface area (Å²) in [5.74, 6) is -6.30. The monoisotopic (exact) mass is 589 g/mol. The lowest BCUT2D eigenvalue weighted by Gasteiger charge is -2.51. The van der Waals surface area contributed by atoms with Crippen molar-refractivity contribution < 1.29 is 34.5 Å². The Morgan fingerprint density at radius 1 is 1.09 bits per heavy atom. The predicted octanol–water partition coefficient (Wildman–Crippen LogP) is 0.547. The smallest absolute Gasteiger partial charge is 0.255 e. The molecular formula is C31H35N5O7. The third kappa shape index (κ3) is 4.58. The van der Waals surface area contributed by atoms with Gasteiger partial charge in [-0.05, 0) is 74.8 Å². The second kappa shape index (κ2) is 11.0. The summed E-state index contributed by atoms with van der Waals surface area (Å²) in [5.41, 5.74) is 11.3. The lowest BCUT2D eigenvalue weighted by molar-refractivity contribution is -0.134. The molecule has 0 aromatic heterocycles. The van der Waals surface area contributed by atoms with Crippen LogP contribution in [0, 0.1) is 11.8 Å². The van der Waals surface area contributed by atoms with Crippen LogP contribution in [0.4, 0.5) is 0 Å². The van der Waals surface area contributed by atoms with Crippen LogP contribution in [-0.4, -0.2) is 89.4 Å². The zero-order valence-electron chi connectivity index (χ0n) is 24.1. The van der Waals surface area contributed by atoms with Crippen LogP contribution in [-0.2, 0) is 20.8 Å². The number of Topliss-reactive ketones (excluding diaryl/α,β-unsaturated/α-hetero) is 2. The van der Waals surface area contributed by atoms with Crippen molar-refractivity contribution in [2.45, 2.75) is 24.4 Å². The van der Waals surface area contributed by atoms with Gasteiger partial charge in [-0.25, -0.2) is 0 Å². The zero-order chi connectivity index (χ0) is 31.4. The number of nitrogens with zero attached hydrogens (tertiary/aromatic N) is 1. The summed E-state index contributed by atoms with van der Waals surface area (Å²) in [5, 5.41) is 39.3. The van der Waals surface area contributed by atoms with Crippen molar-refractivity contribution in [3.63, 3.8) is 0 Å². The first-order valence-corrected chi connectivity index (χ1v) is 13.9. The Labute approximate surface area is 248 Å². The predicted molar refractivity (Wildman–Crippen MR) is 158 cm³/mol. The maximum absolute atomic E-state index is 14.1. The minimum Gasteiger partial charge on any atom is -0.509 e. The van der Waals surface area contributed by atoms with Gasteiger partial charge in [-0.2, -0.15) is 0 Å². The van der Waals surface area contributed by atoms with E-state index in [4.69, 9.17) is 11.5 Å². The number of rotatable bonds is 7. The van der Waals surface area contributed by atoms with E-state index in [1.54, 1.807) is 51.5 Å².